The predicted octanol–water partition coefficient (Wildman–Crippen LogP) is 4.79. The van der Waals surface area contributed by atoms with Crippen molar-refractivity contribution in [1.82, 2.24) is 19.7 Å². The molecule has 146 valence electrons. The predicted molar refractivity (Wildman–Crippen MR) is 121 cm³/mol. The van der Waals surface area contributed by atoms with E-state index in [0.29, 0.717) is 13.1 Å². The SMILES string of the molecule is NCCn1cc2c(-c3ccccc3)c(-c3ccncc3)c(-c3ccccc3)nc2n1. The number of nitrogens with zero attached hydrogens (tertiary/aromatic N) is 4. The summed E-state index contributed by atoms with van der Waals surface area (Å²) in [5.74, 6) is 0. The van der Waals surface area contributed by atoms with Gasteiger partial charge in [-0.05, 0) is 23.3 Å². The van der Waals surface area contributed by atoms with Gasteiger partial charge in [0.1, 0.15) is 0 Å². The van der Waals surface area contributed by atoms with Gasteiger partial charge in [-0.25, -0.2) is 4.98 Å². The first-order valence-electron chi connectivity index (χ1n) is 9.97. The quantitative estimate of drug-likeness (QED) is 0.468. The van der Waals surface area contributed by atoms with Crippen LogP contribution in [-0.4, -0.2) is 26.3 Å². The standard InChI is InChI=1S/C25H21N5/c26-13-16-30-17-21-22(18-7-3-1-4-8-18)23(19-11-14-27-15-12-19)24(28-25(21)29-30)20-9-5-2-6-10-20/h1-12,14-15,17H,13,16,26H2. The van der Waals surface area contributed by atoms with E-state index in [-0.39, 0.29) is 0 Å². The highest BCUT2D eigenvalue weighted by Crippen LogP contribution is 2.42. The second kappa shape index (κ2) is 7.89. The Balaban J connectivity index is 1.93. The van der Waals surface area contributed by atoms with E-state index >= 15 is 0 Å². The van der Waals surface area contributed by atoms with Gasteiger partial charge in [-0.2, -0.15) is 5.10 Å². The minimum absolute atomic E-state index is 0.525. The lowest BCUT2D eigenvalue weighted by molar-refractivity contribution is 0.630. The van der Waals surface area contributed by atoms with Crippen molar-refractivity contribution in [3.63, 3.8) is 0 Å². The Morgan fingerprint density at radius 2 is 1.37 bits per heavy atom. The third-order valence-electron chi connectivity index (χ3n) is 5.15. The molecular weight excluding hydrogens is 370 g/mol. The second-order valence-electron chi connectivity index (χ2n) is 7.10. The molecule has 2 N–H and O–H groups in total. The lowest BCUT2D eigenvalue weighted by atomic mass is 9.90. The number of hydrogen-bond donors (Lipinski definition) is 1. The Hall–Kier alpha value is -3.83. The molecule has 5 rings (SSSR count). The molecule has 0 aliphatic rings. The van der Waals surface area contributed by atoms with E-state index in [1.54, 1.807) is 0 Å². The van der Waals surface area contributed by atoms with Gasteiger partial charge in [0.25, 0.3) is 0 Å². The van der Waals surface area contributed by atoms with E-state index < -0.39 is 0 Å². The number of benzene rings is 2. The largest absolute Gasteiger partial charge is 0.329 e. The molecule has 0 atom stereocenters. The molecule has 0 unspecified atom stereocenters. The summed E-state index contributed by atoms with van der Waals surface area (Å²) < 4.78 is 1.88. The molecule has 0 radical (unpaired) electrons. The first-order valence-corrected chi connectivity index (χ1v) is 9.97. The van der Waals surface area contributed by atoms with Crippen molar-refractivity contribution >= 4 is 11.0 Å². The maximum Gasteiger partial charge on any atom is 0.182 e. The molecule has 0 bridgehead atoms. The van der Waals surface area contributed by atoms with Gasteiger partial charge in [0, 0.05) is 47.2 Å². The molecule has 0 aliphatic carbocycles. The molecule has 30 heavy (non-hydrogen) atoms. The van der Waals surface area contributed by atoms with Crippen LogP contribution in [0.5, 0.6) is 0 Å². The zero-order valence-corrected chi connectivity index (χ0v) is 16.4. The van der Waals surface area contributed by atoms with Crippen LogP contribution < -0.4 is 5.73 Å². The molecule has 0 spiro atoms. The Bertz CT molecular complexity index is 1280. The Morgan fingerprint density at radius 3 is 2.03 bits per heavy atom. The summed E-state index contributed by atoms with van der Waals surface area (Å²) in [5, 5.41) is 5.74. The van der Waals surface area contributed by atoms with Gasteiger partial charge in [-0.15, -0.1) is 0 Å². The maximum absolute atomic E-state index is 5.79. The lowest BCUT2D eigenvalue weighted by Crippen LogP contribution is -2.09. The van der Waals surface area contributed by atoms with Gasteiger partial charge in [0.05, 0.1) is 12.2 Å². The van der Waals surface area contributed by atoms with Crippen molar-refractivity contribution in [2.45, 2.75) is 6.54 Å². The summed E-state index contributed by atoms with van der Waals surface area (Å²) in [6.07, 6.45) is 5.69. The van der Waals surface area contributed by atoms with Crippen LogP contribution in [0.2, 0.25) is 0 Å². The van der Waals surface area contributed by atoms with Crippen molar-refractivity contribution < 1.29 is 0 Å². The van der Waals surface area contributed by atoms with Gasteiger partial charge in [0.15, 0.2) is 5.65 Å². The zero-order valence-electron chi connectivity index (χ0n) is 16.4. The van der Waals surface area contributed by atoms with Gasteiger partial charge in [-0.1, -0.05) is 60.7 Å². The number of hydrogen-bond acceptors (Lipinski definition) is 4. The van der Waals surface area contributed by atoms with Crippen LogP contribution in [0.3, 0.4) is 0 Å². The van der Waals surface area contributed by atoms with Crippen molar-refractivity contribution in [3.8, 4) is 33.5 Å². The van der Waals surface area contributed by atoms with Crippen LogP contribution in [0, 0.1) is 0 Å². The van der Waals surface area contributed by atoms with Gasteiger partial charge in [-0.3, -0.25) is 9.67 Å². The fourth-order valence-electron chi connectivity index (χ4n) is 3.84. The zero-order chi connectivity index (χ0) is 20.3. The topological polar surface area (TPSA) is 69.6 Å². The summed E-state index contributed by atoms with van der Waals surface area (Å²) in [4.78, 5) is 9.23. The number of rotatable bonds is 5. The van der Waals surface area contributed by atoms with Crippen LogP contribution in [-0.2, 0) is 6.54 Å². The minimum atomic E-state index is 0.525. The first kappa shape index (κ1) is 18.2. The molecule has 0 fully saturated rings. The summed E-state index contributed by atoms with van der Waals surface area (Å²) in [5.41, 5.74) is 12.9. The van der Waals surface area contributed by atoms with E-state index in [9.17, 15) is 0 Å². The van der Waals surface area contributed by atoms with Crippen molar-refractivity contribution in [1.29, 1.82) is 0 Å². The molecule has 5 aromatic rings. The minimum Gasteiger partial charge on any atom is -0.329 e. The maximum atomic E-state index is 5.79. The number of pyridine rings is 2. The average Bonchev–Trinajstić information content (AvgIpc) is 3.22. The highest BCUT2D eigenvalue weighted by molar-refractivity contribution is 6.05. The van der Waals surface area contributed by atoms with E-state index in [2.05, 4.69) is 47.6 Å². The van der Waals surface area contributed by atoms with E-state index in [0.717, 1.165) is 44.5 Å². The van der Waals surface area contributed by atoms with Crippen LogP contribution in [0.25, 0.3) is 44.5 Å². The summed E-state index contributed by atoms with van der Waals surface area (Å²) >= 11 is 0. The summed E-state index contributed by atoms with van der Waals surface area (Å²) in [6, 6.07) is 24.7. The normalized spacial score (nSPS) is 11.1. The summed E-state index contributed by atoms with van der Waals surface area (Å²) in [6.45, 7) is 1.17. The highest BCUT2D eigenvalue weighted by atomic mass is 15.3. The third-order valence-corrected chi connectivity index (χ3v) is 5.15. The van der Waals surface area contributed by atoms with Crippen LogP contribution in [0.4, 0.5) is 0 Å². The molecule has 5 heteroatoms. The lowest BCUT2D eigenvalue weighted by Gasteiger charge is -2.16. The van der Waals surface area contributed by atoms with Gasteiger partial charge in [0.2, 0.25) is 0 Å². The monoisotopic (exact) mass is 391 g/mol. The molecule has 0 saturated heterocycles. The van der Waals surface area contributed by atoms with Crippen molar-refractivity contribution in [3.05, 3.63) is 91.4 Å². The Kier molecular flexibility index (Phi) is 4.79. The molecule has 0 amide bonds. The smallest absolute Gasteiger partial charge is 0.182 e. The first-order chi connectivity index (χ1) is 14.8. The molecule has 0 aliphatic heterocycles. The van der Waals surface area contributed by atoms with Crippen LogP contribution in [0.15, 0.2) is 91.4 Å². The third kappa shape index (κ3) is 3.25. The molecule has 3 heterocycles. The molecule has 0 saturated carbocycles. The fraction of sp³-hybridized carbons (Fsp3) is 0.0800. The second-order valence-corrected chi connectivity index (χ2v) is 7.10. The van der Waals surface area contributed by atoms with E-state index in [4.69, 9.17) is 15.8 Å². The number of aromatic nitrogens is 4. The van der Waals surface area contributed by atoms with Gasteiger partial charge < -0.3 is 5.73 Å². The van der Waals surface area contributed by atoms with Crippen molar-refractivity contribution in [2.24, 2.45) is 5.73 Å². The van der Waals surface area contributed by atoms with Crippen molar-refractivity contribution in [2.75, 3.05) is 6.54 Å². The molecule has 3 aromatic heterocycles. The number of nitrogens with two attached hydrogens (primary N) is 1. The van der Waals surface area contributed by atoms with E-state index in [1.165, 1.54) is 0 Å². The summed E-state index contributed by atoms with van der Waals surface area (Å²) in [7, 11) is 0. The van der Waals surface area contributed by atoms with Gasteiger partial charge >= 0.3 is 0 Å². The average molecular weight is 391 g/mol. The highest BCUT2D eigenvalue weighted by Gasteiger charge is 2.21. The molecular formula is C25H21N5. The molecule has 2 aromatic carbocycles. The van der Waals surface area contributed by atoms with Crippen LogP contribution in [0.1, 0.15) is 0 Å². The molecule has 5 nitrogen and oxygen atoms in total. The Morgan fingerprint density at radius 1 is 0.733 bits per heavy atom. The van der Waals surface area contributed by atoms with Crippen LogP contribution >= 0.6 is 0 Å². The Labute approximate surface area is 174 Å². The fourth-order valence-corrected chi connectivity index (χ4v) is 3.84. The van der Waals surface area contributed by atoms with E-state index in [1.807, 2.05) is 53.5 Å². The number of fused-ring (bicyclic) bond motifs is 1.